The Labute approximate surface area is 189 Å². The van der Waals surface area contributed by atoms with E-state index in [1.807, 2.05) is 18.5 Å². The van der Waals surface area contributed by atoms with Crippen molar-refractivity contribution < 1.29 is 0 Å². The van der Waals surface area contributed by atoms with Crippen LogP contribution in [0.4, 0.5) is 17.3 Å². The first-order valence-corrected chi connectivity index (χ1v) is 11.8. The van der Waals surface area contributed by atoms with E-state index >= 15 is 0 Å². The minimum absolute atomic E-state index is 0.142. The summed E-state index contributed by atoms with van der Waals surface area (Å²) in [4.78, 5) is 19.1. The Balaban J connectivity index is 1.20. The number of piperidine rings is 1. The van der Waals surface area contributed by atoms with Gasteiger partial charge < -0.3 is 15.5 Å². The summed E-state index contributed by atoms with van der Waals surface area (Å²) < 4.78 is 0. The summed E-state index contributed by atoms with van der Waals surface area (Å²) in [6.07, 6.45) is 9.23. The quantitative estimate of drug-likeness (QED) is 0.665. The maximum atomic E-state index is 6.75. The van der Waals surface area contributed by atoms with E-state index in [2.05, 4.69) is 52.0 Å². The van der Waals surface area contributed by atoms with Crippen LogP contribution in [0.2, 0.25) is 0 Å². The summed E-state index contributed by atoms with van der Waals surface area (Å²) in [6.45, 7) is 4.99. The van der Waals surface area contributed by atoms with Crippen molar-refractivity contribution in [3.63, 3.8) is 0 Å². The highest BCUT2D eigenvalue weighted by atomic mass is 15.3. The molecule has 0 bridgehead atoms. The number of rotatable bonds is 2. The molecule has 0 radical (unpaired) electrons. The molecule has 1 spiro atoms. The second kappa shape index (κ2) is 7.55. The second-order valence-corrected chi connectivity index (χ2v) is 9.56. The van der Waals surface area contributed by atoms with Crippen molar-refractivity contribution in [2.75, 3.05) is 29.4 Å². The second-order valence-electron chi connectivity index (χ2n) is 9.56. The highest BCUT2D eigenvalue weighted by Crippen LogP contribution is 2.50. The number of fused-ring (bicyclic) bond motifs is 2. The number of aromatic nitrogens is 3. The van der Waals surface area contributed by atoms with Crippen molar-refractivity contribution >= 4 is 17.3 Å². The minimum Gasteiger partial charge on any atom is -0.355 e. The fourth-order valence-electron chi connectivity index (χ4n) is 5.98. The van der Waals surface area contributed by atoms with E-state index in [4.69, 9.17) is 15.7 Å². The highest BCUT2D eigenvalue weighted by Gasteiger charge is 2.45. The first kappa shape index (κ1) is 19.7. The Morgan fingerprint density at radius 2 is 1.88 bits per heavy atom. The average molecular weight is 427 g/mol. The maximum absolute atomic E-state index is 6.75. The summed E-state index contributed by atoms with van der Waals surface area (Å²) in [5.74, 6) is 1.93. The van der Waals surface area contributed by atoms with E-state index in [1.54, 1.807) is 0 Å². The van der Waals surface area contributed by atoms with E-state index < -0.39 is 0 Å². The van der Waals surface area contributed by atoms with Gasteiger partial charge in [-0.15, -0.1) is 0 Å². The summed E-state index contributed by atoms with van der Waals surface area (Å²) in [5.41, 5.74) is 13.0. The van der Waals surface area contributed by atoms with Crippen LogP contribution in [0.5, 0.6) is 0 Å². The van der Waals surface area contributed by atoms with E-state index in [9.17, 15) is 0 Å². The van der Waals surface area contributed by atoms with Gasteiger partial charge in [0.05, 0.1) is 23.3 Å². The van der Waals surface area contributed by atoms with Gasteiger partial charge in [-0.1, -0.05) is 24.3 Å². The molecule has 164 valence electrons. The summed E-state index contributed by atoms with van der Waals surface area (Å²) >= 11 is 0. The normalized spacial score (nSPS) is 21.5. The van der Waals surface area contributed by atoms with E-state index in [0.717, 1.165) is 74.8 Å². The van der Waals surface area contributed by atoms with Gasteiger partial charge in [0.15, 0.2) is 5.82 Å². The zero-order chi connectivity index (χ0) is 21.7. The Morgan fingerprint density at radius 1 is 1.03 bits per heavy atom. The summed E-state index contributed by atoms with van der Waals surface area (Å²) in [6, 6.07) is 13.0. The molecule has 2 aliphatic heterocycles. The van der Waals surface area contributed by atoms with Crippen LogP contribution in [-0.4, -0.2) is 34.6 Å². The van der Waals surface area contributed by atoms with Crippen LogP contribution in [0.1, 0.15) is 47.8 Å². The van der Waals surface area contributed by atoms with Gasteiger partial charge in [-0.2, -0.15) is 0 Å². The van der Waals surface area contributed by atoms with Crippen LogP contribution in [0.25, 0.3) is 0 Å². The molecule has 1 atom stereocenters. The molecule has 2 aromatic heterocycles. The van der Waals surface area contributed by atoms with Crippen molar-refractivity contribution in [2.24, 2.45) is 11.1 Å². The lowest BCUT2D eigenvalue weighted by atomic mass is 9.73. The lowest BCUT2D eigenvalue weighted by molar-refractivity contribution is 0.187. The first-order chi connectivity index (χ1) is 15.6. The first-order valence-electron chi connectivity index (χ1n) is 11.8. The Bertz CT molecular complexity index is 1150. The molecule has 2 N–H and O–H groups in total. The molecule has 3 aliphatic rings. The Hall–Kier alpha value is -2.99. The van der Waals surface area contributed by atoms with Gasteiger partial charge >= 0.3 is 0 Å². The zero-order valence-electron chi connectivity index (χ0n) is 18.7. The Morgan fingerprint density at radius 3 is 2.69 bits per heavy atom. The molecule has 4 heterocycles. The van der Waals surface area contributed by atoms with Gasteiger partial charge in [-0.05, 0) is 67.7 Å². The van der Waals surface area contributed by atoms with Gasteiger partial charge in [-0.25, -0.2) is 9.97 Å². The van der Waals surface area contributed by atoms with Crippen LogP contribution in [0.3, 0.4) is 0 Å². The molecule has 1 aliphatic carbocycles. The molecule has 6 heteroatoms. The van der Waals surface area contributed by atoms with Crippen molar-refractivity contribution in [3.05, 3.63) is 71.3 Å². The Kier molecular flexibility index (Phi) is 4.65. The third-order valence-electron chi connectivity index (χ3n) is 7.79. The number of benzene rings is 1. The number of anilines is 3. The van der Waals surface area contributed by atoms with Crippen molar-refractivity contribution in [1.29, 1.82) is 0 Å². The molecular formula is C26H30N6. The summed E-state index contributed by atoms with van der Waals surface area (Å²) in [5, 5.41) is 0. The van der Waals surface area contributed by atoms with E-state index in [-0.39, 0.29) is 11.5 Å². The molecule has 1 fully saturated rings. The van der Waals surface area contributed by atoms with Crippen molar-refractivity contribution in [3.8, 4) is 0 Å². The monoisotopic (exact) mass is 426 g/mol. The minimum atomic E-state index is 0.142. The van der Waals surface area contributed by atoms with Gasteiger partial charge in [-0.3, -0.25) is 4.98 Å². The molecule has 6 nitrogen and oxygen atoms in total. The molecule has 6 rings (SSSR count). The van der Waals surface area contributed by atoms with Crippen LogP contribution in [-0.2, 0) is 12.8 Å². The number of nitrogens with two attached hydrogens (primary N) is 1. The maximum Gasteiger partial charge on any atom is 0.154 e. The predicted molar refractivity (Wildman–Crippen MR) is 127 cm³/mol. The topological polar surface area (TPSA) is 71.2 Å². The number of hydrogen-bond donors (Lipinski definition) is 1. The molecule has 32 heavy (non-hydrogen) atoms. The van der Waals surface area contributed by atoms with Crippen LogP contribution < -0.4 is 15.5 Å². The third kappa shape index (κ3) is 3.08. The molecule has 1 saturated heterocycles. The van der Waals surface area contributed by atoms with Crippen LogP contribution in [0, 0.1) is 12.3 Å². The molecule has 0 saturated carbocycles. The number of aryl methyl sites for hydroxylation is 2. The van der Waals surface area contributed by atoms with Gasteiger partial charge in [0.1, 0.15) is 5.82 Å². The molecule has 0 unspecified atom stereocenters. The average Bonchev–Trinajstić information content (AvgIpc) is 3.10. The lowest BCUT2D eigenvalue weighted by Gasteiger charge is -2.42. The van der Waals surface area contributed by atoms with E-state index in [0.29, 0.717) is 0 Å². The predicted octanol–water partition coefficient (Wildman–Crippen LogP) is 4.11. The SMILES string of the molecule is Cc1nc(N2CCC3(CC2)Cc2ccccc2[C@H]3N)cnc1N1CCCc2ncccc21. The van der Waals surface area contributed by atoms with Gasteiger partial charge in [0.2, 0.25) is 0 Å². The lowest BCUT2D eigenvalue weighted by Crippen LogP contribution is -2.44. The fourth-order valence-corrected chi connectivity index (χ4v) is 5.98. The summed E-state index contributed by atoms with van der Waals surface area (Å²) in [7, 11) is 0. The smallest absolute Gasteiger partial charge is 0.154 e. The number of hydrogen-bond acceptors (Lipinski definition) is 6. The largest absolute Gasteiger partial charge is 0.355 e. The molecule has 3 aromatic rings. The van der Waals surface area contributed by atoms with Crippen molar-refractivity contribution in [2.45, 2.75) is 45.1 Å². The molecule has 0 amide bonds. The molecule has 1 aromatic carbocycles. The zero-order valence-corrected chi connectivity index (χ0v) is 18.7. The highest BCUT2D eigenvalue weighted by molar-refractivity contribution is 5.65. The van der Waals surface area contributed by atoms with Gasteiger partial charge in [0.25, 0.3) is 0 Å². The van der Waals surface area contributed by atoms with Gasteiger partial charge in [0, 0.05) is 31.9 Å². The third-order valence-corrected chi connectivity index (χ3v) is 7.79. The van der Waals surface area contributed by atoms with E-state index in [1.165, 1.54) is 16.8 Å². The van der Waals surface area contributed by atoms with Crippen molar-refractivity contribution in [1.82, 2.24) is 15.0 Å². The molecular weight excluding hydrogens is 396 g/mol. The van der Waals surface area contributed by atoms with Crippen LogP contribution >= 0.6 is 0 Å². The van der Waals surface area contributed by atoms with Crippen LogP contribution in [0.15, 0.2) is 48.8 Å². The number of pyridine rings is 1. The number of nitrogens with zero attached hydrogens (tertiary/aromatic N) is 5. The fraction of sp³-hybridized carbons (Fsp3) is 0.423. The standard InChI is InChI=1S/C26H30N6/c1-18-25(32-13-5-8-21-22(32)9-4-12-28-21)29-17-23(30-18)31-14-10-26(11-15-31)16-19-6-2-3-7-20(19)24(26)27/h2-4,6-7,9,12,17,24H,5,8,10-11,13-16,27H2,1H3/t24-/m1/s1.